The zero-order chi connectivity index (χ0) is 17.2. The molecule has 2 aliphatic rings. The molecule has 2 aliphatic heterocycles. The average Bonchev–Trinajstić information content (AvgIpc) is 2.99. The molecule has 0 radical (unpaired) electrons. The lowest BCUT2D eigenvalue weighted by Gasteiger charge is -2.36. The van der Waals surface area contributed by atoms with Crippen molar-refractivity contribution in [1.29, 1.82) is 0 Å². The van der Waals surface area contributed by atoms with Gasteiger partial charge in [-0.15, -0.1) is 0 Å². The van der Waals surface area contributed by atoms with Gasteiger partial charge >= 0.3 is 0 Å². The van der Waals surface area contributed by atoms with E-state index >= 15 is 0 Å². The quantitative estimate of drug-likeness (QED) is 0.903. The molecule has 0 aromatic heterocycles. The fraction of sp³-hybridized carbons (Fsp3) is 0.611. The number of ether oxygens (including phenoxy) is 1. The van der Waals surface area contributed by atoms with Crippen molar-refractivity contribution >= 4 is 5.91 Å². The van der Waals surface area contributed by atoms with Crippen LogP contribution in [0.5, 0.6) is 0 Å². The zero-order valence-corrected chi connectivity index (χ0v) is 14.2. The number of morpholine rings is 1. The number of benzene rings is 1. The first kappa shape index (κ1) is 17.3. The van der Waals surface area contributed by atoms with Gasteiger partial charge in [-0.05, 0) is 36.1 Å². The molecule has 1 aromatic carbocycles. The molecule has 2 fully saturated rings. The summed E-state index contributed by atoms with van der Waals surface area (Å²) < 4.78 is 19.1. The maximum atomic E-state index is 13.7. The Morgan fingerprint density at radius 1 is 1.38 bits per heavy atom. The van der Waals surface area contributed by atoms with E-state index in [1.165, 1.54) is 12.1 Å². The molecule has 2 atom stereocenters. The van der Waals surface area contributed by atoms with Crippen molar-refractivity contribution < 1.29 is 13.9 Å². The summed E-state index contributed by atoms with van der Waals surface area (Å²) in [6.45, 7) is 6.61. The lowest BCUT2D eigenvalue weighted by atomic mass is 9.90. The highest BCUT2D eigenvalue weighted by Crippen LogP contribution is 2.32. The average molecular weight is 335 g/mol. The van der Waals surface area contributed by atoms with Crippen molar-refractivity contribution in [2.75, 3.05) is 45.9 Å². The van der Waals surface area contributed by atoms with E-state index in [0.717, 1.165) is 6.42 Å². The third-order valence-electron chi connectivity index (χ3n) is 5.17. The normalized spacial score (nSPS) is 26.5. The Bertz CT molecular complexity index is 591. The van der Waals surface area contributed by atoms with Crippen molar-refractivity contribution in [2.45, 2.75) is 19.4 Å². The van der Waals surface area contributed by atoms with Gasteiger partial charge in [0.25, 0.3) is 0 Å². The fourth-order valence-corrected chi connectivity index (χ4v) is 3.57. The molecule has 0 bridgehead atoms. The number of carbonyl (C=O) groups is 1. The van der Waals surface area contributed by atoms with Crippen LogP contribution in [0.25, 0.3) is 0 Å². The second kappa shape index (κ2) is 7.17. The number of likely N-dealkylation sites (tertiary alicyclic amines) is 1. The van der Waals surface area contributed by atoms with E-state index in [-0.39, 0.29) is 17.1 Å². The van der Waals surface area contributed by atoms with Crippen LogP contribution in [0.1, 0.15) is 24.9 Å². The van der Waals surface area contributed by atoms with Crippen molar-refractivity contribution in [3.8, 4) is 0 Å². The van der Waals surface area contributed by atoms with E-state index in [0.29, 0.717) is 51.5 Å². The smallest absolute Gasteiger partial charge is 0.244 e. The molecule has 0 aliphatic carbocycles. The summed E-state index contributed by atoms with van der Waals surface area (Å²) in [5.41, 5.74) is 6.56. The summed E-state index contributed by atoms with van der Waals surface area (Å²) in [7, 11) is 0. The van der Waals surface area contributed by atoms with Gasteiger partial charge in [-0.3, -0.25) is 9.69 Å². The lowest BCUT2D eigenvalue weighted by Crippen LogP contribution is -2.47. The molecule has 2 saturated heterocycles. The lowest BCUT2D eigenvalue weighted by molar-refractivity contribution is -0.138. The molecule has 6 heteroatoms. The Kier molecular flexibility index (Phi) is 5.18. The van der Waals surface area contributed by atoms with E-state index < -0.39 is 6.04 Å². The van der Waals surface area contributed by atoms with Gasteiger partial charge in [0, 0.05) is 26.2 Å². The van der Waals surface area contributed by atoms with E-state index in [9.17, 15) is 9.18 Å². The number of hydrogen-bond acceptors (Lipinski definition) is 4. The minimum atomic E-state index is -0.454. The Balaban J connectivity index is 1.85. The van der Waals surface area contributed by atoms with Crippen molar-refractivity contribution in [2.24, 2.45) is 11.1 Å². The van der Waals surface area contributed by atoms with Gasteiger partial charge in [0.1, 0.15) is 11.9 Å². The van der Waals surface area contributed by atoms with Crippen molar-refractivity contribution in [3.63, 3.8) is 0 Å². The third-order valence-corrected chi connectivity index (χ3v) is 5.17. The van der Waals surface area contributed by atoms with Gasteiger partial charge in [-0.25, -0.2) is 4.39 Å². The van der Waals surface area contributed by atoms with E-state index in [1.54, 1.807) is 6.07 Å². The number of nitrogens with two attached hydrogens (primary N) is 1. The molecule has 2 unspecified atom stereocenters. The fourth-order valence-electron chi connectivity index (χ4n) is 3.57. The van der Waals surface area contributed by atoms with Gasteiger partial charge in [-0.1, -0.05) is 19.1 Å². The van der Waals surface area contributed by atoms with Crippen LogP contribution in [-0.4, -0.2) is 61.6 Å². The van der Waals surface area contributed by atoms with Gasteiger partial charge in [0.15, 0.2) is 0 Å². The summed E-state index contributed by atoms with van der Waals surface area (Å²) in [6.07, 6.45) is 0.911. The summed E-state index contributed by atoms with van der Waals surface area (Å²) in [6, 6.07) is 5.92. The Hall–Kier alpha value is -1.50. The Labute approximate surface area is 142 Å². The van der Waals surface area contributed by atoms with Crippen LogP contribution in [0, 0.1) is 11.2 Å². The molecule has 0 spiro atoms. The van der Waals surface area contributed by atoms with Gasteiger partial charge < -0.3 is 15.4 Å². The van der Waals surface area contributed by atoms with Crippen LogP contribution < -0.4 is 5.73 Å². The van der Waals surface area contributed by atoms with E-state index in [1.807, 2.05) is 11.0 Å². The van der Waals surface area contributed by atoms with Crippen LogP contribution >= 0.6 is 0 Å². The number of hydrogen-bond donors (Lipinski definition) is 1. The second-order valence-electron chi connectivity index (χ2n) is 7.13. The molecule has 132 valence electrons. The van der Waals surface area contributed by atoms with E-state index in [4.69, 9.17) is 10.5 Å². The first-order valence-corrected chi connectivity index (χ1v) is 8.58. The maximum absolute atomic E-state index is 13.7. The van der Waals surface area contributed by atoms with Gasteiger partial charge in [0.05, 0.1) is 13.2 Å². The Morgan fingerprint density at radius 2 is 2.12 bits per heavy atom. The molecular weight excluding hydrogens is 309 g/mol. The topological polar surface area (TPSA) is 58.8 Å². The van der Waals surface area contributed by atoms with E-state index in [2.05, 4.69) is 11.8 Å². The predicted octanol–water partition coefficient (Wildman–Crippen LogP) is 1.40. The summed E-state index contributed by atoms with van der Waals surface area (Å²) in [5, 5.41) is 0. The molecule has 3 rings (SSSR count). The molecule has 24 heavy (non-hydrogen) atoms. The molecular formula is C18H26FN3O2. The molecule has 2 N–H and O–H groups in total. The third kappa shape index (κ3) is 3.61. The molecule has 2 heterocycles. The SMILES string of the molecule is CC1(CN)CCN(C(=O)C(c2cccc(F)c2)N2CCOCC2)C1. The predicted molar refractivity (Wildman–Crippen MR) is 89.9 cm³/mol. The highest BCUT2D eigenvalue weighted by molar-refractivity contribution is 5.83. The summed E-state index contributed by atoms with van der Waals surface area (Å²) >= 11 is 0. The summed E-state index contributed by atoms with van der Waals surface area (Å²) in [4.78, 5) is 17.2. The zero-order valence-electron chi connectivity index (χ0n) is 14.2. The van der Waals surface area contributed by atoms with Crippen LogP contribution in [0.3, 0.4) is 0 Å². The maximum Gasteiger partial charge on any atom is 0.244 e. The van der Waals surface area contributed by atoms with Crippen LogP contribution in [0.2, 0.25) is 0 Å². The summed E-state index contributed by atoms with van der Waals surface area (Å²) in [5.74, 6) is -0.272. The molecule has 5 nitrogen and oxygen atoms in total. The largest absolute Gasteiger partial charge is 0.379 e. The number of amides is 1. The van der Waals surface area contributed by atoms with Gasteiger partial charge in [0.2, 0.25) is 5.91 Å². The minimum absolute atomic E-state index is 0.0207. The highest BCUT2D eigenvalue weighted by atomic mass is 19.1. The van der Waals surface area contributed by atoms with Crippen molar-refractivity contribution in [3.05, 3.63) is 35.6 Å². The highest BCUT2D eigenvalue weighted by Gasteiger charge is 2.39. The van der Waals surface area contributed by atoms with Crippen LogP contribution in [0.4, 0.5) is 4.39 Å². The second-order valence-corrected chi connectivity index (χ2v) is 7.13. The Morgan fingerprint density at radius 3 is 2.75 bits per heavy atom. The standard InChI is InChI=1S/C18H26FN3O2/c1-18(12-20)5-6-22(13-18)17(23)16(21-7-9-24-10-8-21)14-3-2-4-15(19)11-14/h2-4,11,16H,5-10,12-13,20H2,1H3. The minimum Gasteiger partial charge on any atom is -0.379 e. The van der Waals surface area contributed by atoms with Crippen LogP contribution in [0.15, 0.2) is 24.3 Å². The van der Waals surface area contributed by atoms with Crippen LogP contribution in [-0.2, 0) is 9.53 Å². The number of rotatable bonds is 4. The molecule has 1 amide bonds. The number of carbonyl (C=O) groups excluding carboxylic acids is 1. The first-order chi connectivity index (χ1) is 11.5. The first-order valence-electron chi connectivity index (χ1n) is 8.58. The monoisotopic (exact) mass is 335 g/mol. The molecule has 1 aromatic rings. The van der Waals surface area contributed by atoms with Gasteiger partial charge in [-0.2, -0.15) is 0 Å². The van der Waals surface area contributed by atoms with Crippen molar-refractivity contribution in [1.82, 2.24) is 9.80 Å². The number of halogens is 1. The number of nitrogens with zero attached hydrogens (tertiary/aromatic N) is 2. The molecule has 0 saturated carbocycles.